The maximum atomic E-state index is 11.9. The van der Waals surface area contributed by atoms with Gasteiger partial charge in [-0.2, -0.15) is 0 Å². The molecule has 1 aromatic heterocycles. The number of carbonyl (C=O) groups excluding carboxylic acids is 1. The predicted octanol–water partition coefficient (Wildman–Crippen LogP) is 2.19. The third-order valence-electron chi connectivity index (χ3n) is 2.08. The highest BCUT2D eigenvalue weighted by molar-refractivity contribution is 9.10. The van der Waals surface area contributed by atoms with Crippen molar-refractivity contribution in [3.05, 3.63) is 39.3 Å². The van der Waals surface area contributed by atoms with Crippen molar-refractivity contribution in [1.29, 1.82) is 0 Å². The lowest BCUT2D eigenvalue weighted by atomic mass is 10.2. The third kappa shape index (κ3) is 2.89. The molecule has 0 bridgehead atoms. The number of nitrogens with one attached hydrogen (secondary N) is 1. The molecule has 0 unspecified atom stereocenters. The molecule has 1 amide bonds. The number of anilines is 1. The van der Waals surface area contributed by atoms with Gasteiger partial charge in [-0.3, -0.25) is 4.79 Å². The number of nitrogens with zero attached hydrogens (tertiary/aromatic N) is 2. The van der Waals surface area contributed by atoms with E-state index in [1.807, 2.05) is 0 Å². The van der Waals surface area contributed by atoms with Crippen LogP contribution in [0.4, 0.5) is 5.69 Å². The predicted molar refractivity (Wildman–Crippen MR) is 77.9 cm³/mol. The highest BCUT2D eigenvalue weighted by Crippen LogP contribution is 2.22. The molecule has 0 aliphatic carbocycles. The van der Waals surface area contributed by atoms with Crippen molar-refractivity contribution in [2.75, 3.05) is 5.32 Å². The second-order valence-electron chi connectivity index (χ2n) is 3.29. The fourth-order valence-electron chi connectivity index (χ4n) is 1.28. The average molecular weight is 343 g/mol. The number of thiocarbonyl (C=S) groups is 1. The van der Waals surface area contributed by atoms with Gasteiger partial charge in [-0.25, -0.2) is 0 Å². The summed E-state index contributed by atoms with van der Waals surface area (Å²) in [7, 11) is 0. The van der Waals surface area contributed by atoms with Crippen molar-refractivity contribution in [2.24, 2.45) is 5.73 Å². The minimum absolute atomic E-state index is 0.217. The average Bonchev–Trinajstić information content (AvgIpc) is 2.84. The Morgan fingerprint density at radius 3 is 2.89 bits per heavy atom. The molecule has 2 rings (SSSR count). The topological polar surface area (TPSA) is 80.9 Å². The first kappa shape index (κ1) is 13.1. The zero-order chi connectivity index (χ0) is 13.1. The van der Waals surface area contributed by atoms with Gasteiger partial charge in [0, 0.05) is 10.0 Å². The van der Waals surface area contributed by atoms with Gasteiger partial charge in [-0.05, 0) is 29.7 Å². The van der Waals surface area contributed by atoms with Gasteiger partial charge in [0.1, 0.15) is 9.87 Å². The molecule has 0 spiro atoms. The maximum absolute atomic E-state index is 11.9. The Morgan fingerprint density at radius 2 is 2.28 bits per heavy atom. The summed E-state index contributed by atoms with van der Waals surface area (Å²) < 4.78 is 4.47. The number of aromatic nitrogens is 2. The van der Waals surface area contributed by atoms with E-state index >= 15 is 0 Å². The van der Waals surface area contributed by atoms with Gasteiger partial charge < -0.3 is 11.1 Å². The van der Waals surface area contributed by atoms with Crippen LogP contribution >= 0.6 is 39.7 Å². The Kier molecular flexibility index (Phi) is 4.00. The van der Waals surface area contributed by atoms with Gasteiger partial charge in [-0.15, -0.1) is 5.10 Å². The number of amides is 1. The van der Waals surface area contributed by atoms with Crippen molar-refractivity contribution in [3.63, 3.8) is 0 Å². The minimum atomic E-state index is -0.287. The SMILES string of the molecule is NC(=S)c1cc(Br)ccc1NC(=O)c1cnns1. The molecule has 0 aliphatic heterocycles. The monoisotopic (exact) mass is 342 g/mol. The normalized spacial score (nSPS) is 10.1. The van der Waals surface area contributed by atoms with Crippen LogP contribution in [0.15, 0.2) is 28.9 Å². The Bertz CT molecular complexity index is 600. The number of rotatable bonds is 3. The van der Waals surface area contributed by atoms with E-state index in [0.29, 0.717) is 16.1 Å². The van der Waals surface area contributed by atoms with E-state index in [1.165, 1.54) is 6.20 Å². The molecule has 0 saturated carbocycles. The van der Waals surface area contributed by atoms with Gasteiger partial charge in [0.05, 0.1) is 11.9 Å². The first-order chi connectivity index (χ1) is 8.58. The second-order valence-corrected chi connectivity index (χ2v) is 5.43. The minimum Gasteiger partial charge on any atom is -0.389 e. The maximum Gasteiger partial charge on any atom is 0.269 e. The molecule has 0 saturated heterocycles. The zero-order valence-corrected chi connectivity index (χ0v) is 12.1. The number of hydrogen-bond donors (Lipinski definition) is 2. The van der Waals surface area contributed by atoms with Crippen molar-refractivity contribution >= 4 is 56.3 Å². The van der Waals surface area contributed by atoms with Gasteiger partial charge in [0.25, 0.3) is 5.91 Å². The zero-order valence-electron chi connectivity index (χ0n) is 8.88. The summed E-state index contributed by atoms with van der Waals surface area (Å²) in [5.74, 6) is -0.287. The largest absolute Gasteiger partial charge is 0.389 e. The van der Waals surface area contributed by atoms with Crippen LogP contribution in [-0.4, -0.2) is 20.5 Å². The van der Waals surface area contributed by atoms with Gasteiger partial charge >= 0.3 is 0 Å². The lowest BCUT2D eigenvalue weighted by molar-refractivity contribution is 0.103. The van der Waals surface area contributed by atoms with E-state index in [-0.39, 0.29) is 10.9 Å². The number of halogens is 1. The van der Waals surface area contributed by atoms with Gasteiger partial charge in [0.2, 0.25) is 0 Å². The molecule has 0 fully saturated rings. The number of benzene rings is 1. The molecular weight excluding hydrogens is 336 g/mol. The van der Waals surface area contributed by atoms with E-state index in [1.54, 1.807) is 18.2 Å². The molecule has 92 valence electrons. The quantitative estimate of drug-likeness (QED) is 0.835. The molecule has 2 aromatic rings. The van der Waals surface area contributed by atoms with Crippen LogP contribution in [0.1, 0.15) is 15.2 Å². The molecule has 0 radical (unpaired) electrons. The summed E-state index contributed by atoms with van der Waals surface area (Å²) in [6.07, 6.45) is 1.40. The second kappa shape index (κ2) is 5.51. The fraction of sp³-hybridized carbons (Fsp3) is 0. The van der Waals surface area contributed by atoms with Crippen LogP contribution in [0, 0.1) is 0 Å². The first-order valence-corrected chi connectivity index (χ1v) is 6.73. The Labute approximate surface area is 121 Å². The van der Waals surface area contributed by atoms with Crippen molar-refractivity contribution in [2.45, 2.75) is 0 Å². The lowest BCUT2D eigenvalue weighted by Crippen LogP contribution is -2.17. The standard InChI is InChI=1S/C10H7BrN4OS2/c11-5-1-2-7(6(3-5)9(12)17)14-10(16)8-4-13-15-18-8/h1-4H,(H2,12,17)(H,14,16). The molecule has 8 heteroatoms. The van der Waals surface area contributed by atoms with Crippen LogP contribution in [0.3, 0.4) is 0 Å². The summed E-state index contributed by atoms with van der Waals surface area (Å²) in [6, 6.07) is 5.27. The van der Waals surface area contributed by atoms with Crippen LogP contribution in [-0.2, 0) is 0 Å². The molecule has 1 aromatic carbocycles. The highest BCUT2D eigenvalue weighted by Gasteiger charge is 2.12. The van der Waals surface area contributed by atoms with Gasteiger partial charge in [-0.1, -0.05) is 32.6 Å². The molecule has 0 aliphatic rings. The van der Waals surface area contributed by atoms with Crippen LogP contribution < -0.4 is 11.1 Å². The van der Waals surface area contributed by atoms with Crippen molar-refractivity contribution in [1.82, 2.24) is 9.59 Å². The number of carbonyl (C=O) groups is 1. The number of nitrogens with two attached hydrogens (primary N) is 1. The van der Waals surface area contributed by atoms with E-state index in [4.69, 9.17) is 18.0 Å². The van der Waals surface area contributed by atoms with Crippen molar-refractivity contribution in [3.8, 4) is 0 Å². The highest BCUT2D eigenvalue weighted by atomic mass is 79.9. The fourth-order valence-corrected chi connectivity index (χ4v) is 2.22. The molecule has 1 heterocycles. The summed E-state index contributed by atoms with van der Waals surface area (Å²) >= 11 is 9.29. The lowest BCUT2D eigenvalue weighted by Gasteiger charge is -2.09. The van der Waals surface area contributed by atoms with E-state index in [2.05, 4.69) is 30.8 Å². The molecular formula is C10H7BrN4OS2. The van der Waals surface area contributed by atoms with E-state index in [9.17, 15) is 4.79 Å². The van der Waals surface area contributed by atoms with E-state index in [0.717, 1.165) is 16.0 Å². The van der Waals surface area contributed by atoms with E-state index < -0.39 is 0 Å². The number of hydrogen-bond acceptors (Lipinski definition) is 5. The molecule has 18 heavy (non-hydrogen) atoms. The molecule has 5 nitrogen and oxygen atoms in total. The summed E-state index contributed by atoms with van der Waals surface area (Å²) in [4.78, 5) is 12.5. The van der Waals surface area contributed by atoms with Crippen LogP contribution in [0.2, 0.25) is 0 Å². The summed E-state index contributed by atoms with van der Waals surface area (Å²) in [5, 5.41) is 6.33. The van der Waals surface area contributed by atoms with Crippen LogP contribution in [0.25, 0.3) is 0 Å². The summed E-state index contributed by atoms with van der Waals surface area (Å²) in [5.41, 5.74) is 6.78. The first-order valence-electron chi connectivity index (χ1n) is 4.76. The third-order valence-corrected chi connectivity index (χ3v) is 3.46. The van der Waals surface area contributed by atoms with Crippen LogP contribution in [0.5, 0.6) is 0 Å². The smallest absolute Gasteiger partial charge is 0.269 e. The summed E-state index contributed by atoms with van der Waals surface area (Å²) in [6.45, 7) is 0. The van der Waals surface area contributed by atoms with Gasteiger partial charge in [0.15, 0.2) is 0 Å². The van der Waals surface area contributed by atoms with Crippen molar-refractivity contribution < 1.29 is 4.79 Å². The Balaban J connectivity index is 2.29. The molecule has 0 atom stereocenters. The molecule has 3 N–H and O–H groups in total. The Morgan fingerprint density at radius 1 is 1.50 bits per heavy atom. The Hall–Kier alpha value is -1.38.